The van der Waals surface area contributed by atoms with Crippen LogP contribution >= 0.6 is 0 Å². The van der Waals surface area contributed by atoms with Crippen molar-refractivity contribution < 1.29 is 0 Å². The van der Waals surface area contributed by atoms with Gasteiger partial charge in [0.05, 0.1) is 11.9 Å². The van der Waals surface area contributed by atoms with Gasteiger partial charge in [-0.15, -0.1) is 0 Å². The highest BCUT2D eigenvalue weighted by Crippen LogP contribution is 2.13. The lowest BCUT2D eigenvalue weighted by Gasteiger charge is -1.91. The summed E-state index contributed by atoms with van der Waals surface area (Å²) in [6.45, 7) is 0. The van der Waals surface area contributed by atoms with E-state index in [1.165, 1.54) is 0 Å². The van der Waals surface area contributed by atoms with Crippen LogP contribution in [0.2, 0.25) is 0 Å². The first-order chi connectivity index (χ1) is 4.97. The predicted octanol–water partition coefficient (Wildman–Crippen LogP) is 0.834. The SMILES string of the molecule is C1=Cc2[nH]ncc2NN=C1. The van der Waals surface area contributed by atoms with Gasteiger partial charge in [-0.25, -0.2) is 0 Å². The van der Waals surface area contributed by atoms with Gasteiger partial charge in [0.25, 0.3) is 0 Å². The molecule has 1 aromatic rings. The molecule has 4 nitrogen and oxygen atoms in total. The number of rotatable bonds is 0. The normalized spacial score (nSPS) is 14.0. The molecule has 0 radical (unpaired) electrons. The van der Waals surface area contributed by atoms with E-state index in [0.29, 0.717) is 0 Å². The van der Waals surface area contributed by atoms with Crippen molar-refractivity contribution in [3.63, 3.8) is 0 Å². The molecule has 50 valence electrons. The third kappa shape index (κ3) is 0.699. The van der Waals surface area contributed by atoms with Crippen LogP contribution in [0.25, 0.3) is 6.08 Å². The lowest BCUT2D eigenvalue weighted by molar-refractivity contribution is 1.08. The summed E-state index contributed by atoms with van der Waals surface area (Å²) in [6, 6.07) is 0. The topological polar surface area (TPSA) is 53.1 Å². The highest BCUT2D eigenvalue weighted by atomic mass is 15.3. The van der Waals surface area contributed by atoms with Crippen molar-refractivity contribution in [3.8, 4) is 0 Å². The Morgan fingerprint density at radius 2 is 2.40 bits per heavy atom. The summed E-state index contributed by atoms with van der Waals surface area (Å²) < 4.78 is 0. The lowest BCUT2D eigenvalue weighted by atomic mass is 10.3. The molecule has 0 spiro atoms. The van der Waals surface area contributed by atoms with Crippen molar-refractivity contribution in [2.45, 2.75) is 0 Å². The van der Waals surface area contributed by atoms with E-state index in [0.717, 1.165) is 11.4 Å². The second-order valence-corrected chi connectivity index (χ2v) is 1.95. The molecule has 4 heteroatoms. The van der Waals surface area contributed by atoms with Crippen LogP contribution in [0.1, 0.15) is 5.69 Å². The Morgan fingerprint density at radius 1 is 1.40 bits per heavy atom. The van der Waals surface area contributed by atoms with Gasteiger partial charge in [-0.3, -0.25) is 10.5 Å². The van der Waals surface area contributed by atoms with Crippen molar-refractivity contribution in [1.29, 1.82) is 0 Å². The first kappa shape index (κ1) is 5.22. The van der Waals surface area contributed by atoms with Crippen molar-refractivity contribution >= 4 is 18.0 Å². The van der Waals surface area contributed by atoms with Crippen molar-refractivity contribution in [3.05, 3.63) is 18.0 Å². The maximum Gasteiger partial charge on any atom is 0.101 e. The molecule has 1 aliphatic heterocycles. The molecule has 0 saturated carbocycles. The fraction of sp³-hybridized carbons (Fsp3) is 0. The minimum Gasteiger partial charge on any atom is -0.276 e. The van der Waals surface area contributed by atoms with Crippen LogP contribution < -0.4 is 5.43 Å². The molecule has 0 amide bonds. The van der Waals surface area contributed by atoms with E-state index in [1.54, 1.807) is 12.4 Å². The van der Waals surface area contributed by atoms with E-state index in [1.807, 2.05) is 12.2 Å². The molecular weight excluding hydrogens is 128 g/mol. The molecule has 0 aromatic carbocycles. The third-order valence-corrected chi connectivity index (χ3v) is 1.28. The van der Waals surface area contributed by atoms with Gasteiger partial charge in [0.1, 0.15) is 5.69 Å². The zero-order valence-corrected chi connectivity index (χ0v) is 5.20. The van der Waals surface area contributed by atoms with E-state index in [-0.39, 0.29) is 0 Å². The van der Waals surface area contributed by atoms with Gasteiger partial charge in [-0.05, 0) is 12.2 Å². The van der Waals surface area contributed by atoms with Crippen LogP contribution in [0.4, 0.5) is 5.69 Å². The van der Waals surface area contributed by atoms with Gasteiger partial charge in [0, 0.05) is 6.21 Å². The molecule has 0 saturated heterocycles. The molecule has 0 unspecified atom stereocenters. The zero-order valence-electron chi connectivity index (χ0n) is 5.20. The summed E-state index contributed by atoms with van der Waals surface area (Å²) in [4.78, 5) is 0. The van der Waals surface area contributed by atoms with Gasteiger partial charge in [0.15, 0.2) is 0 Å². The molecule has 0 fully saturated rings. The van der Waals surface area contributed by atoms with E-state index in [4.69, 9.17) is 0 Å². The molecule has 10 heavy (non-hydrogen) atoms. The standard InChI is InChI=1S/C6H6N4/c1-2-5-6(4-8-9-5)10-7-3-1/h1-4,10H,(H,8,9). The van der Waals surface area contributed by atoms with Gasteiger partial charge in [0.2, 0.25) is 0 Å². The monoisotopic (exact) mass is 134 g/mol. The van der Waals surface area contributed by atoms with Gasteiger partial charge in [-0.1, -0.05) is 0 Å². The lowest BCUT2D eigenvalue weighted by Crippen LogP contribution is -1.85. The number of aromatic amines is 1. The first-order valence-electron chi connectivity index (χ1n) is 2.96. The first-order valence-corrected chi connectivity index (χ1v) is 2.96. The molecule has 0 atom stereocenters. The number of nitrogens with one attached hydrogen (secondary N) is 2. The minimum absolute atomic E-state index is 0.907. The summed E-state index contributed by atoms with van der Waals surface area (Å²) in [5.74, 6) is 0. The number of allylic oxidation sites excluding steroid dienone is 1. The highest BCUT2D eigenvalue weighted by molar-refractivity contribution is 5.82. The van der Waals surface area contributed by atoms with Crippen LogP contribution in [-0.2, 0) is 0 Å². The Labute approximate surface area is 57.6 Å². The van der Waals surface area contributed by atoms with Crippen LogP contribution in [-0.4, -0.2) is 16.4 Å². The largest absolute Gasteiger partial charge is 0.276 e. The average molecular weight is 134 g/mol. The molecule has 2 N–H and O–H groups in total. The highest BCUT2D eigenvalue weighted by Gasteiger charge is 1.99. The second-order valence-electron chi connectivity index (χ2n) is 1.95. The van der Waals surface area contributed by atoms with Crippen LogP contribution in [0.3, 0.4) is 0 Å². The molecule has 0 bridgehead atoms. The molecule has 1 aromatic heterocycles. The Hall–Kier alpha value is -1.58. The number of fused-ring (bicyclic) bond motifs is 1. The Balaban J connectivity index is 2.50. The minimum atomic E-state index is 0.907. The quantitative estimate of drug-likeness (QED) is 0.552. The molecular formula is C6H6N4. The maximum atomic E-state index is 3.86. The summed E-state index contributed by atoms with van der Waals surface area (Å²) in [5.41, 5.74) is 4.68. The Morgan fingerprint density at radius 3 is 3.40 bits per heavy atom. The number of H-pyrrole nitrogens is 1. The van der Waals surface area contributed by atoms with Crippen LogP contribution in [0.5, 0.6) is 0 Å². The molecule has 2 rings (SSSR count). The van der Waals surface area contributed by atoms with Crippen molar-refractivity contribution in [2.24, 2.45) is 5.10 Å². The second kappa shape index (κ2) is 1.98. The summed E-state index contributed by atoms with van der Waals surface area (Å²) in [7, 11) is 0. The fourth-order valence-electron chi connectivity index (χ4n) is 0.801. The number of hydrogen-bond donors (Lipinski definition) is 2. The van der Waals surface area contributed by atoms with Crippen molar-refractivity contribution in [2.75, 3.05) is 5.43 Å². The summed E-state index contributed by atoms with van der Waals surface area (Å²) in [5, 5.41) is 10.5. The van der Waals surface area contributed by atoms with E-state index in [2.05, 4.69) is 20.7 Å². The number of hydrogen-bond acceptors (Lipinski definition) is 3. The van der Waals surface area contributed by atoms with Gasteiger partial charge < -0.3 is 0 Å². The maximum absolute atomic E-state index is 3.86. The van der Waals surface area contributed by atoms with E-state index in [9.17, 15) is 0 Å². The molecule has 2 heterocycles. The van der Waals surface area contributed by atoms with E-state index >= 15 is 0 Å². The summed E-state index contributed by atoms with van der Waals surface area (Å²) >= 11 is 0. The number of nitrogens with zero attached hydrogens (tertiary/aromatic N) is 2. The third-order valence-electron chi connectivity index (χ3n) is 1.28. The molecule has 1 aliphatic rings. The fourth-order valence-corrected chi connectivity index (χ4v) is 0.801. The Bertz CT molecular complexity index is 284. The zero-order chi connectivity index (χ0) is 6.81. The average Bonchev–Trinajstić information content (AvgIpc) is 2.28. The van der Waals surface area contributed by atoms with Gasteiger partial charge in [-0.2, -0.15) is 10.2 Å². The van der Waals surface area contributed by atoms with Crippen LogP contribution in [0, 0.1) is 0 Å². The molecule has 0 aliphatic carbocycles. The van der Waals surface area contributed by atoms with Crippen molar-refractivity contribution in [1.82, 2.24) is 10.2 Å². The number of aromatic nitrogens is 2. The predicted molar refractivity (Wildman–Crippen MR) is 39.7 cm³/mol. The smallest absolute Gasteiger partial charge is 0.101 e. The summed E-state index contributed by atoms with van der Waals surface area (Å²) in [6.07, 6.45) is 7.14. The van der Waals surface area contributed by atoms with E-state index < -0.39 is 0 Å². The van der Waals surface area contributed by atoms with Gasteiger partial charge >= 0.3 is 0 Å². The Kier molecular flexibility index (Phi) is 1.04. The van der Waals surface area contributed by atoms with Crippen LogP contribution in [0.15, 0.2) is 17.4 Å². The number of hydrazone groups is 1. The number of anilines is 1.